The zero-order valence-corrected chi connectivity index (χ0v) is 13.5. The van der Waals surface area contributed by atoms with Crippen LogP contribution in [0.3, 0.4) is 0 Å². The number of rotatable bonds is 2. The maximum absolute atomic E-state index is 6.23. The summed E-state index contributed by atoms with van der Waals surface area (Å²) < 4.78 is 7.33. The van der Waals surface area contributed by atoms with E-state index >= 15 is 0 Å². The van der Waals surface area contributed by atoms with Gasteiger partial charge in [-0.15, -0.1) is 0 Å². The molecule has 2 unspecified atom stereocenters. The van der Waals surface area contributed by atoms with Gasteiger partial charge >= 0.3 is 0 Å². The van der Waals surface area contributed by atoms with Crippen LogP contribution in [0.2, 0.25) is 0 Å². The second-order valence-electron chi connectivity index (χ2n) is 5.56. The zero-order valence-electron chi connectivity index (χ0n) is 10.4. The standard InChI is InChI=1S/C15H18Br2O/c16-11-5-4-6-12(9-11)18-14-10-13(17)15(14)7-2-1-3-8-15/h4-6,9,13-14H,1-3,7-8,10H2. The van der Waals surface area contributed by atoms with Crippen LogP contribution < -0.4 is 4.74 Å². The smallest absolute Gasteiger partial charge is 0.120 e. The summed E-state index contributed by atoms with van der Waals surface area (Å²) in [7, 11) is 0. The molecule has 98 valence electrons. The normalized spacial score (nSPS) is 29.9. The first-order chi connectivity index (χ1) is 8.71. The lowest BCUT2D eigenvalue weighted by Crippen LogP contribution is -2.57. The third-order valence-electron chi connectivity index (χ3n) is 4.54. The van der Waals surface area contributed by atoms with Gasteiger partial charge in [0.05, 0.1) is 0 Å². The van der Waals surface area contributed by atoms with Gasteiger partial charge in [0.1, 0.15) is 11.9 Å². The Morgan fingerprint density at radius 1 is 1.17 bits per heavy atom. The van der Waals surface area contributed by atoms with E-state index in [-0.39, 0.29) is 0 Å². The van der Waals surface area contributed by atoms with Crippen LogP contribution in [0.5, 0.6) is 5.75 Å². The van der Waals surface area contributed by atoms with Crippen LogP contribution in [0.4, 0.5) is 0 Å². The molecule has 0 radical (unpaired) electrons. The molecular formula is C15H18Br2O. The minimum atomic E-state index is 0.400. The molecule has 2 fully saturated rings. The molecule has 0 heterocycles. The predicted octanol–water partition coefficient (Wildman–Crippen LogP) is 5.31. The van der Waals surface area contributed by atoms with Gasteiger partial charge in [0.15, 0.2) is 0 Å². The van der Waals surface area contributed by atoms with E-state index in [9.17, 15) is 0 Å². The summed E-state index contributed by atoms with van der Waals surface area (Å²) >= 11 is 7.36. The lowest BCUT2D eigenvalue weighted by Gasteiger charge is -2.55. The number of ether oxygens (including phenoxy) is 1. The first kappa shape index (κ1) is 13.0. The molecule has 0 aromatic heterocycles. The second kappa shape index (κ2) is 5.16. The van der Waals surface area contributed by atoms with Crippen molar-refractivity contribution in [3.05, 3.63) is 28.7 Å². The van der Waals surface area contributed by atoms with Crippen LogP contribution >= 0.6 is 31.9 Å². The van der Waals surface area contributed by atoms with E-state index in [1.54, 1.807) is 0 Å². The molecule has 1 nitrogen and oxygen atoms in total. The van der Waals surface area contributed by atoms with Gasteiger partial charge in [0.2, 0.25) is 0 Å². The first-order valence-electron chi connectivity index (χ1n) is 6.77. The van der Waals surface area contributed by atoms with Crippen molar-refractivity contribution in [1.82, 2.24) is 0 Å². The van der Waals surface area contributed by atoms with Crippen molar-refractivity contribution < 1.29 is 4.74 Å². The van der Waals surface area contributed by atoms with E-state index in [4.69, 9.17) is 4.74 Å². The van der Waals surface area contributed by atoms with Crippen molar-refractivity contribution in [2.24, 2.45) is 5.41 Å². The fraction of sp³-hybridized carbons (Fsp3) is 0.600. The number of hydrogen-bond donors (Lipinski definition) is 0. The second-order valence-corrected chi connectivity index (χ2v) is 7.58. The predicted molar refractivity (Wildman–Crippen MR) is 81.4 cm³/mol. The Bertz CT molecular complexity index is 426. The van der Waals surface area contributed by atoms with E-state index in [2.05, 4.69) is 44.0 Å². The lowest BCUT2D eigenvalue weighted by molar-refractivity contribution is -0.0601. The maximum Gasteiger partial charge on any atom is 0.120 e. The Labute approximate surface area is 126 Å². The maximum atomic E-state index is 6.23. The lowest BCUT2D eigenvalue weighted by atomic mass is 9.58. The van der Waals surface area contributed by atoms with Crippen LogP contribution in [-0.2, 0) is 0 Å². The molecule has 2 saturated carbocycles. The van der Waals surface area contributed by atoms with Crippen molar-refractivity contribution in [2.45, 2.75) is 49.5 Å². The Kier molecular flexibility index (Phi) is 3.72. The van der Waals surface area contributed by atoms with Crippen molar-refractivity contribution in [2.75, 3.05) is 0 Å². The highest BCUT2D eigenvalue weighted by atomic mass is 79.9. The molecular weight excluding hydrogens is 356 g/mol. The monoisotopic (exact) mass is 372 g/mol. The van der Waals surface area contributed by atoms with Crippen LogP contribution in [0.15, 0.2) is 28.7 Å². The van der Waals surface area contributed by atoms with Crippen molar-refractivity contribution in [3.63, 3.8) is 0 Å². The van der Waals surface area contributed by atoms with Gasteiger partial charge in [-0.3, -0.25) is 0 Å². The highest BCUT2D eigenvalue weighted by molar-refractivity contribution is 9.10. The third kappa shape index (κ3) is 2.24. The summed E-state index contributed by atoms with van der Waals surface area (Å²) in [5.74, 6) is 0.999. The molecule has 0 N–H and O–H groups in total. The summed E-state index contributed by atoms with van der Waals surface area (Å²) in [6.45, 7) is 0. The van der Waals surface area contributed by atoms with E-state index in [1.165, 1.54) is 32.1 Å². The SMILES string of the molecule is Brc1cccc(OC2CC(Br)C23CCCCC3)c1. The molecule has 1 aromatic rings. The largest absolute Gasteiger partial charge is 0.490 e. The molecule has 3 heteroatoms. The van der Waals surface area contributed by atoms with Crippen LogP contribution in [0.1, 0.15) is 38.5 Å². The summed E-state index contributed by atoms with van der Waals surface area (Å²) in [5.41, 5.74) is 0.403. The molecule has 0 bridgehead atoms. The van der Waals surface area contributed by atoms with Gasteiger partial charge in [0.25, 0.3) is 0 Å². The topological polar surface area (TPSA) is 9.23 Å². The zero-order chi connectivity index (χ0) is 12.6. The molecule has 18 heavy (non-hydrogen) atoms. The fourth-order valence-electron chi connectivity index (χ4n) is 3.41. The number of alkyl halides is 1. The van der Waals surface area contributed by atoms with Gasteiger partial charge in [-0.2, -0.15) is 0 Å². The highest BCUT2D eigenvalue weighted by Crippen LogP contribution is 2.56. The number of hydrogen-bond acceptors (Lipinski definition) is 1. The van der Waals surface area contributed by atoms with Crippen molar-refractivity contribution >= 4 is 31.9 Å². The molecule has 2 aliphatic rings. The van der Waals surface area contributed by atoms with E-state index in [0.29, 0.717) is 16.3 Å². The average molecular weight is 374 g/mol. The molecule has 2 aliphatic carbocycles. The molecule has 2 atom stereocenters. The minimum absolute atomic E-state index is 0.400. The van der Waals surface area contributed by atoms with Crippen LogP contribution in [0.25, 0.3) is 0 Å². The Balaban J connectivity index is 1.73. The van der Waals surface area contributed by atoms with E-state index in [0.717, 1.165) is 16.6 Å². The Morgan fingerprint density at radius 2 is 1.94 bits per heavy atom. The molecule has 0 saturated heterocycles. The summed E-state index contributed by atoms with van der Waals surface area (Å²) in [6, 6.07) is 8.20. The Morgan fingerprint density at radius 3 is 2.61 bits per heavy atom. The highest BCUT2D eigenvalue weighted by Gasteiger charge is 2.55. The summed E-state index contributed by atoms with van der Waals surface area (Å²) in [5, 5.41) is 0. The third-order valence-corrected chi connectivity index (χ3v) is 6.32. The van der Waals surface area contributed by atoms with Crippen molar-refractivity contribution in [1.29, 1.82) is 0 Å². The molecule has 3 rings (SSSR count). The first-order valence-corrected chi connectivity index (χ1v) is 8.48. The van der Waals surface area contributed by atoms with Crippen LogP contribution in [0, 0.1) is 5.41 Å². The van der Waals surface area contributed by atoms with Crippen molar-refractivity contribution in [3.8, 4) is 5.75 Å². The summed E-state index contributed by atoms with van der Waals surface area (Å²) in [4.78, 5) is 0.655. The molecule has 0 amide bonds. The number of halogens is 2. The number of benzene rings is 1. The fourth-order valence-corrected chi connectivity index (χ4v) is 4.88. The summed E-state index contributed by atoms with van der Waals surface area (Å²) in [6.07, 6.45) is 8.30. The molecule has 1 aromatic carbocycles. The van der Waals surface area contributed by atoms with Gasteiger partial charge in [-0.1, -0.05) is 57.2 Å². The van der Waals surface area contributed by atoms with Gasteiger partial charge in [-0.05, 0) is 37.5 Å². The molecule has 0 aliphatic heterocycles. The Hall–Kier alpha value is -0.0200. The molecule has 1 spiro atoms. The quantitative estimate of drug-likeness (QED) is 0.638. The average Bonchev–Trinajstić information content (AvgIpc) is 2.39. The van der Waals surface area contributed by atoms with Gasteiger partial charge in [-0.25, -0.2) is 0 Å². The van der Waals surface area contributed by atoms with Gasteiger partial charge in [0, 0.05) is 14.7 Å². The van der Waals surface area contributed by atoms with Gasteiger partial charge < -0.3 is 4.74 Å². The van der Waals surface area contributed by atoms with E-state index < -0.39 is 0 Å². The van der Waals surface area contributed by atoms with Crippen LogP contribution in [-0.4, -0.2) is 10.9 Å². The minimum Gasteiger partial charge on any atom is -0.490 e. The van der Waals surface area contributed by atoms with E-state index in [1.807, 2.05) is 12.1 Å².